The summed E-state index contributed by atoms with van der Waals surface area (Å²) in [6.07, 6.45) is 1.12. The molecule has 0 unspecified atom stereocenters. The summed E-state index contributed by atoms with van der Waals surface area (Å²) < 4.78 is 0. The Balaban J connectivity index is 2.84. The Bertz CT molecular complexity index is 237. The van der Waals surface area contributed by atoms with Crippen molar-refractivity contribution in [3.63, 3.8) is 0 Å². The van der Waals surface area contributed by atoms with E-state index in [1.807, 2.05) is 6.92 Å². The first-order valence-corrected chi connectivity index (χ1v) is 3.99. The fraction of sp³-hybridized carbons (Fsp3) is 0.750. The molecule has 0 radical (unpaired) electrons. The van der Waals surface area contributed by atoms with Crippen molar-refractivity contribution in [2.45, 2.75) is 26.7 Å². The van der Waals surface area contributed by atoms with E-state index in [4.69, 9.17) is 10.9 Å². The van der Waals surface area contributed by atoms with E-state index in [1.165, 1.54) is 0 Å². The molecule has 0 aromatic carbocycles. The van der Waals surface area contributed by atoms with Gasteiger partial charge < -0.3 is 10.9 Å². The molecule has 0 heterocycles. The van der Waals surface area contributed by atoms with Gasteiger partial charge in [-0.25, -0.2) is 0 Å². The monoisotopic (exact) mass is 170 g/mol. The number of carboxylic acids is 1. The molecular formula is C8H14N2O2. The van der Waals surface area contributed by atoms with Crippen LogP contribution in [0, 0.1) is 11.3 Å². The standard InChI is InChI=1S/C8H14N2O2/c1-5-3-8(2,7(11)12)4-6(5)10-9/h5H,3-4,9H2,1-2H3,(H,11,12)/b10-6-/t5-,8-/m1/s1. The first-order valence-electron chi connectivity index (χ1n) is 3.99. The number of carboxylic acid groups (broad SMARTS) is 1. The highest BCUT2D eigenvalue weighted by Crippen LogP contribution is 2.39. The van der Waals surface area contributed by atoms with Crippen molar-refractivity contribution < 1.29 is 9.90 Å². The molecule has 3 N–H and O–H groups in total. The molecule has 1 rings (SSSR count). The molecule has 4 heteroatoms. The van der Waals surface area contributed by atoms with Gasteiger partial charge in [0.2, 0.25) is 0 Å². The summed E-state index contributed by atoms with van der Waals surface area (Å²) in [5.41, 5.74) is 0.164. The van der Waals surface area contributed by atoms with Crippen molar-refractivity contribution in [2.24, 2.45) is 22.3 Å². The van der Waals surface area contributed by atoms with E-state index in [0.717, 1.165) is 5.71 Å². The van der Waals surface area contributed by atoms with Crippen LogP contribution in [0.25, 0.3) is 0 Å². The zero-order valence-electron chi connectivity index (χ0n) is 7.37. The van der Waals surface area contributed by atoms with Crippen molar-refractivity contribution in [1.82, 2.24) is 0 Å². The van der Waals surface area contributed by atoms with E-state index in [1.54, 1.807) is 6.92 Å². The Hall–Kier alpha value is -1.06. The average Bonchev–Trinajstić information content (AvgIpc) is 2.27. The third-order valence-electron chi connectivity index (χ3n) is 2.58. The van der Waals surface area contributed by atoms with Gasteiger partial charge in [-0.3, -0.25) is 4.79 Å². The van der Waals surface area contributed by atoms with Gasteiger partial charge in [-0.1, -0.05) is 6.92 Å². The minimum Gasteiger partial charge on any atom is -0.481 e. The molecule has 0 aliphatic heterocycles. The number of aliphatic carboxylic acids is 1. The lowest BCUT2D eigenvalue weighted by atomic mass is 9.88. The topological polar surface area (TPSA) is 75.7 Å². The van der Waals surface area contributed by atoms with Gasteiger partial charge in [-0.15, -0.1) is 0 Å². The quantitative estimate of drug-likeness (QED) is 0.452. The van der Waals surface area contributed by atoms with Crippen LogP contribution in [0.4, 0.5) is 0 Å². The molecule has 2 atom stereocenters. The van der Waals surface area contributed by atoms with E-state index in [9.17, 15) is 4.79 Å². The fourth-order valence-corrected chi connectivity index (χ4v) is 1.78. The lowest BCUT2D eigenvalue weighted by Crippen LogP contribution is -2.24. The minimum absolute atomic E-state index is 0.205. The van der Waals surface area contributed by atoms with Crippen molar-refractivity contribution in [1.29, 1.82) is 0 Å². The first kappa shape index (κ1) is 9.03. The molecule has 0 saturated heterocycles. The van der Waals surface area contributed by atoms with Crippen LogP contribution in [0.1, 0.15) is 26.7 Å². The van der Waals surface area contributed by atoms with Crippen LogP contribution in [-0.4, -0.2) is 16.8 Å². The van der Waals surface area contributed by atoms with Gasteiger partial charge in [0.15, 0.2) is 0 Å². The average molecular weight is 170 g/mol. The van der Waals surface area contributed by atoms with Gasteiger partial charge in [-0.05, 0) is 19.3 Å². The Morgan fingerprint density at radius 2 is 2.42 bits per heavy atom. The molecule has 0 aromatic rings. The van der Waals surface area contributed by atoms with Gasteiger partial charge in [0, 0.05) is 12.1 Å². The van der Waals surface area contributed by atoms with E-state index < -0.39 is 11.4 Å². The predicted molar refractivity (Wildman–Crippen MR) is 45.8 cm³/mol. The van der Waals surface area contributed by atoms with Gasteiger partial charge in [-0.2, -0.15) is 5.10 Å². The van der Waals surface area contributed by atoms with Crippen LogP contribution in [0.3, 0.4) is 0 Å². The van der Waals surface area contributed by atoms with Crippen LogP contribution in [0.15, 0.2) is 5.10 Å². The molecule has 1 aliphatic rings. The molecular weight excluding hydrogens is 156 g/mol. The van der Waals surface area contributed by atoms with E-state index in [-0.39, 0.29) is 5.92 Å². The highest BCUT2D eigenvalue weighted by atomic mass is 16.4. The largest absolute Gasteiger partial charge is 0.481 e. The summed E-state index contributed by atoms with van der Waals surface area (Å²) in [5, 5.41) is 12.5. The number of rotatable bonds is 1. The molecule has 0 amide bonds. The second kappa shape index (κ2) is 2.77. The first-order chi connectivity index (χ1) is 5.49. The van der Waals surface area contributed by atoms with Gasteiger partial charge >= 0.3 is 5.97 Å². The molecule has 4 nitrogen and oxygen atoms in total. The molecule has 1 fully saturated rings. The second-order valence-corrected chi connectivity index (χ2v) is 3.77. The summed E-state index contributed by atoms with van der Waals surface area (Å²) in [6.45, 7) is 3.70. The number of hydrogen-bond donors (Lipinski definition) is 2. The summed E-state index contributed by atoms with van der Waals surface area (Å²) >= 11 is 0. The van der Waals surface area contributed by atoms with Crippen molar-refractivity contribution in [3.8, 4) is 0 Å². The Morgan fingerprint density at radius 3 is 2.67 bits per heavy atom. The number of nitrogens with zero attached hydrogens (tertiary/aromatic N) is 1. The lowest BCUT2D eigenvalue weighted by molar-refractivity contribution is -0.147. The number of hydrazone groups is 1. The maximum Gasteiger partial charge on any atom is 0.309 e. The third kappa shape index (κ3) is 1.29. The number of carbonyl (C=O) groups is 1. The summed E-state index contributed by atoms with van der Waals surface area (Å²) in [4.78, 5) is 10.8. The summed E-state index contributed by atoms with van der Waals surface area (Å²) in [7, 11) is 0. The Morgan fingerprint density at radius 1 is 1.83 bits per heavy atom. The summed E-state index contributed by atoms with van der Waals surface area (Å²) in [6, 6.07) is 0. The fourth-order valence-electron chi connectivity index (χ4n) is 1.78. The van der Waals surface area contributed by atoms with Crippen molar-refractivity contribution in [2.75, 3.05) is 0 Å². The van der Waals surface area contributed by atoms with Gasteiger partial charge in [0.05, 0.1) is 5.41 Å². The second-order valence-electron chi connectivity index (χ2n) is 3.77. The van der Waals surface area contributed by atoms with Gasteiger partial charge in [0.1, 0.15) is 0 Å². The van der Waals surface area contributed by atoms with E-state index in [2.05, 4.69) is 5.10 Å². The zero-order chi connectivity index (χ0) is 9.35. The Labute approximate surface area is 71.4 Å². The van der Waals surface area contributed by atoms with Crippen LogP contribution < -0.4 is 5.84 Å². The highest BCUT2D eigenvalue weighted by Gasteiger charge is 2.43. The van der Waals surface area contributed by atoms with Crippen LogP contribution in [0.5, 0.6) is 0 Å². The smallest absolute Gasteiger partial charge is 0.309 e. The third-order valence-corrected chi connectivity index (χ3v) is 2.58. The number of nitrogens with two attached hydrogens (primary N) is 1. The van der Waals surface area contributed by atoms with Crippen LogP contribution >= 0.6 is 0 Å². The normalized spacial score (nSPS) is 38.8. The summed E-state index contributed by atoms with van der Waals surface area (Å²) in [5.74, 6) is 4.59. The van der Waals surface area contributed by atoms with Crippen molar-refractivity contribution in [3.05, 3.63) is 0 Å². The number of hydrogen-bond acceptors (Lipinski definition) is 3. The Kier molecular flexibility index (Phi) is 2.08. The van der Waals surface area contributed by atoms with E-state index in [0.29, 0.717) is 12.8 Å². The zero-order valence-corrected chi connectivity index (χ0v) is 7.37. The molecule has 1 aliphatic carbocycles. The highest BCUT2D eigenvalue weighted by molar-refractivity contribution is 5.94. The van der Waals surface area contributed by atoms with Gasteiger partial charge in [0.25, 0.3) is 0 Å². The van der Waals surface area contributed by atoms with Crippen molar-refractivity contribution >= 4 is 11.7 Å². The van der Waals surface area contributed by atoms with Crippen LogP contribution in [0.2, 0.25) is 0 Å². The minimum atomic E-state index is -0.756. The SMILES string of the molecule is C[C@@H]1C[C@@](C)(C(=O)O)C/C1=N/N. The van der Waals surface area contributed by atoms with Crippen LogP contribution in [-0.2, 0) is 4.79 Å². The van der Waals surface area contributed by atoms with E-state index >= 15 is 0 Å². The molecule has 1 saturated carbocycles. The molecule has 0 aromatic heterocycles. The molecule has 0 bridgehead atoms. The molecule has 0 spiro atoms. The maximum absolute atomic E-state index is 10.8. The molecule has 68 valence electrons. The predicted octanol–water partition coefficient (Wildman–Crippen LogP) is 0.822. The lowest BCUT2D eigenvalue weighted by Gasteiger charge is -2.15. The molecule has 12 heavy (non-hydrogen) atoms. The maximum atomic E-state index is 10.8.